The Morgan fingerprint density at radius 2 is 1.59 bits per heavy atom. The molecular weight excluding hydrogens is 436 g/mol. The van der Waals surface area contributed by atoms with Crippen LogP contribution >= 0.6 is 0 Å². The van der Waals surface area contributed by atoms with E-state index in [4.69, 9.17) is 9.47 Å². The van der Waals surface area contributed by atoms with Crippen molar-refractivity contribution in [1.82, 2.24) is 15.5 Å². The molecular formula is C25H26N4O5. The van der Waals surface area contributed by atoms with Crippen molar-refractivity contribution in [2.24, 2.45) is 5.92 Å². The molecule has 0 bridgehead atoms. The van der Waals surface area contributed by atoms with E-state index < -0.39 is 35.5 Å². The maximum Gasteiger partial charge on any atom is 0.326 e. The fraction of sp³-hybridized carbons (Fsp3) is 0.360. The molecule has 1 aliphatic carbocycles. The first-order chi connectivity index (χ1) is 16.3. The minimum atomic E-state index is -1.54. The summed E-state index contributed by atoms with van der Waals surface area (Å²) in [5, 5.41) is 15.0. The van der Waals surface area contributed by atoms with Gasteiger partial charge in [-0.05, 0) is 61.1 Å². The summed E-state index contributed by atoms with van der Waals surface area (Å²) in [5.74, 6) is 0.102. The van der Waals surface area contributed by atoms with Crippen molar-refractivity contribution in [3.63, 3.8) is 0 Å². The molecule has 0 spiro atoms. The van der Waals surface area contributed by atoms with Gasteiger partial charge in [-0.1, -0.05) is 24.3 Å². The average Bonchev–Trinajstić information content (AvgIpc) is 3.68. The summed E-state index contributed by atoms with van der Waals surface area (Å²) in [6.45, 7) is 1.16. The fourth-order valence-corrected chi connectivity index (χ4v) is 4.31. The number of benzene rings is 2. The zero-order valence-electron chi connectivity index (χ0n) is 19.3. The zero-order chi connectivity index (χ0) is 24.5. The van der Waals surface area contributed by atoms with Crippen LogP contribution in [0.15, 0.2) is 48.5 Å². The van der Waals surface area contributed by atoms with E-state index in [1.165, 1.54) is 14.2 Å². The summed E-state index contributed by atoms with van der Waals surface area (Å²) >= 11 is 0. The van der Waals surface area contributed by atoms with Crippen LogP contribution in [0.2, 0.25) is 0 Å². The van der Waals surface area contributed by atoms with Gasteiger partial charge >= 0.3 is 6.03 Å². The molecule has 1 atom stereocenters. The summed E-state index contributed by atoms with van der Waals surface area (Å²) in [5.41, 5.74) is -1.54. The van der Waals surface area contributed by atoms with Gasteiger partial charge in [0.25, 0.3) is 5.91 Å². The molecule has 4 amide bonds. The molecule has 0 radical (unpaired) electrons. The van der Waals surface area contributed by atoms with E-state index in [0.717, 1.165) is 17.7 Å². The minimum Gasteiger partial charge on any atom is -0.497 e. The van der Waals surface area contributed by atoms with Crippen LogP contribution in [0.1, 0.15) is 30.9 Å². The maximum atomic E-state index is 13.8. The van der Waals surface area contributed by atoms with E-state index in [1.807, 2.05) is 0 Å². The minimum absolute atomic E-state index is 0.0715. The monoisotopic (exact) mass is 462 g/mol. The van der Waals surface area contributed by atoms with Crippen molar-refractivity contribution < 1.29 is 23.9 Å². The van der Waals surface area contributed by atoms with Gasteiger partial charge in [0.1, 0.15) is 23.6 Å². The van der Waals surface area contributed by atoms with Crippen LogP contribution in [0.5, 0.6) is 11.5 Å². The van der Waals surface area contributed by atoms with Gasteiger partial charge in [-0.15, -0.1) is 0 Å². The lowest BCUT2D eigenvalue weighted by Crippen LogP contribution is -2.51. The second kappa shape index (κ2) is 8.71. The Balaban J connectivity index is 1.68. The molecule has 2 aromatic rings. The average molecular weight is 463 g/mol. The molecule has 9 nitrogen and oxygen atoms in total. The number of methoxy groups -OCH3 is 2. The molecule has 2 aliphatic rings. The van der Waals surface area contributed by atoms with Crippen molar-refractivity contribution in [2.75, 3.05) is 20.8 Å². The standard InChI is InChI=1S/C25H26N4O5/c1-24(15-26,16-4-5-16)27-21(30)14-29-22(31)25(28-23(29)32,17-6-10-19(33-2)11-7-17)18-8-12-20(34-3)13-9-18/h6-13,16H,4-5,14H2,1-3H3,(H,27,30)(H,28,32). The lowest BCUT2D eigenvalue weighted by atomic mass is 9.82. The number of nitrogens with zero attached hydrogens (tertiary/aromatic N) is 2. The zero-order valence-corrected chi connectivity index (χ0v) is 19.3. The Morgan fingerprint density at radius 3 is 2.00 bits per heavy atom. The Hall–Kier alpha value is -4.06. The van der Waals surface area contributed by atoms with E-state index in [2.05, 4.69) is 16.7 Å². The molecule has 2 aromatic carbocycles. The first-order valence-corrected chi connectivity index (χ1v) is 10.9. The molecule has 4 rings (SSSR count). The number of urea groups is 1. The molecule has 176 valence electrons. The SMILES string of the molecule is COc1ccc(C2(c3ccc(OC)cc3)NC(=O)N(CC(=O)NC(C)(C#N)C3CC3)C2=O)cc1. The highest BCUT2D eigenvalue weighted by Crippen LogP contribution is 2.40. The highest BCUT2D eigenvalue weighted by Gasteiger charge is 2.54. The van der Waals surface area contributed by atoms with E-state index >= 15 is 0 Å². The lowest BCUT2D eigenvalue weighted by Gasteiger charge is -2.28. The third kappa shape index (κ3) is 3.92. The summed E-state index contributed by atoms with van der Waals surface area (Å²) in [6, 6.07) is 15.0. The Labute approximate surface area is 197 Å². The topological polar surface area (TPSA) is 121 Å². The normalized spacial score (nSPS) is 18.5. The number of nitrogens with one attached hydrogen (secondary N) is 2. The number of ether oxygens (including phenoxy) is 2. The van der Waals surface area contributed by atoms with Gasteiger partial charge < -0.3 is 20.1 Å². The first kappa shape index (κ1) is 23.1. The Bertz CT molecular complexity index is 1100. The van der Waals surface area contributed by atoms with Crippen LogP contribution in [0.25, 0.3) is 0 Å². The van der Waals surface area contributed by atoms with Crippen LogP contribution in [0.4, 0.5) is 4.79 Å². The number of nitriles is 1. The van der Waals surface area contributed by atoms with Crippen LogP contribution in [0, 0.1) is 17.2 Å². The van der Waals surface area contributed by atoms with Crippen LogP contribution in [-0.4, -0.2) is 49.0 Å². The molecule has 1 heterocycles. The molecule has 2 fully saturated rings. The number of hydrogen-bond donors (Lipinski definition) is 2. The third-order valence-electron chi connectivity index (χ3n) is 6.48. The predicted molar refractivity (Wildman–Crippen MR) is 122 cm³/mol. The summed E-state index contributed by atoms with van der Waals surface area (Å²) in [4.78, 5) is 40.5. The van der Waals surface area contributed by atoms with Crippen LogP contribution in [-0.2, 0) is 15.1 Å². The maximum absolute atomic E-state index is 13.8. The van der Waals surface area contributed by atoms with E-state index in [-0.39, 0.29) is 5.92 Å². The van der Waals surface area contributed by atoms with Crippen molar-refractivity contribution in [3.05, 3.63) is 59.7 Å². The summed E-state index contributed by atoms with van der Waals surface area (Å²) in [6.07, 6.45) is 1.71. The molecule has 9 heteroatoms. The van der Waals surface area contributed by atoms with Crippen molar-refractivity contribution in [1.29, 1.82) is 5.26 Å². The van der Waals surface area contributed by atoms with E-state index in [1.54, 1.807) is 55.5 Å². The molecule has 1 saturated carbocycles. The van der Waals surface area contributed by atoms with Crippen molar-refractivity contribution in [2.45, 2.75) is 30.8 Å². The van der Waals surface area contributed by atoms with Crippen LogP contribution < -0.4 is 20.1 Å². The molecule has 34 heavy (non-hydrogen) atoms. The highest BCUT2D eigenvalue weighted by molar-refractivity contribution is 6.11. The quantitative estimate of drug-likeness (QED) is 0.581. The first-order valence-electron chi connectivity index (χ1n) is 10.9. The fourth-order valence-electron chi connectivity index (χ4n) is 4.31. The molecule has 1 aliphatic heterocycles. The van der Waals surface area contributed by atoms with Gasteiger partial charge in [0, 0.05) is 0 Å². The van der Waals surface area contributed by atoms with Gasteiger partial charge in [-0.2, -0.15) is 5.26 Å². The Morgan fingerprint density at radius 1 is 1.09 bits per heavy atom. The van der Waals surface area contributed by atoms with Crippen molar-refractivity contribution >= 4 is 17.8 Å². The number of carbonyl (C=O) groups is 3. The van der Waals surface area contributed by atoms with Crippen LogP contribution in [0.3, 0.4) is 0 Å². The second-order valence-corrected chi connectivity index (χ2v) is 8.67. The predicted octanol–water partition coefficient (Wildman–Crippen LogP) is 2.31. The van der Waals surface area contributed by atoms with Gasteiger partial charge in [-0.3, -0.25) is 14.5 Å². The summed E-state index contributed by atoms with van der Waals surface area (Å²) < 4.78 is 10.5. The smallest absolute Gasteiger partial charge is 0.326 e. The number of amides is 4. The largest absolute Gasteiger partial charge is 0.497 e. The molecule has 1 unspecified atom stereocenters. The molecule has 1 saturated heterocycles. The highest BCUT2D eigenvalue weighted by atomic mass is 16.5. The van der Waals surface area contributed by atoms with E-state index in [9.17, 15) is 19.6 Å². The Kier molecular flexibility index (Phi) is 5.92. The molecule has 0 aromatic heterocycles. The molecule has 2 N–H and O–H groups in total. The lowest BCUT2D eigenvalue weighted by molar-refractivity contribution is -0.134. The van der Waals surface area contributed by atoms with Gasteiger partial charge in [-0.25, -0.2) is 4.79 Å². The third-order valence-corrected chi connectivity index (χ3v) is 6.48. The summed E-state index contributed by atoms with van der Waals surface area (Å²) in [7, 11) is 3.07. The number of carbonyl (C=O) groups excluding carboxylic acids is 3. The number of rotatable bonds is 8. The second-order valence-electron chi connectivity index (χ2n) is 8.67. The van der Waals surface area contributed by atoms with Crippen molar-refractivity contribution in [3.8, 4) is 17.6 Å². The number of imide groups is 1. The van der Waals surface area contributed by atoms with Gasteiger partial charge in [0.05, 0.1) is 20.3 Å². The van der Waals surface area contributed by atoms with E-state index in [0.29, 0.717) is 22.6 Å². The van der Waals surface area contributed by atoms with Gasteiger partial charge in [0.2, 0.25) is 5.91 Å². The number of hydrogen-bond acceptors (Lipinski definition) is 6. The van der Waals surface area contributed by atoms with Gasteiger partial charge in [0.15, 0.2) is 5.54 Å².